The van der Waals surface area contributed by atoms with Crippen molar-refractivity contribution in [1.29, 1.82) is 0 Å². The molecule has 0 aliphatic carbocycles. The smallest absolute Gasteiger partial charge is 0.336 e. The van der Waals surface area contributed by atoms with Crippen LogP contribution in [0.1, 0.15) is 32.0 Å². The van der Waals surface area contributed by atoms with E-state index in [2.05, 4.69) is 0 Å². The first-order valence-electron chi connectivity index (χ1n) is 9.97. The third kappa shape index (κ3) is 3.04. The lowest BCUT2D eigenvalue weighted by molar-refractivity contribution is 0.552. The predicted octanol–water partition coefficient (Wildman–Crippen LogP) is 4.24. The van der Waals surface area contributed by atoms with Crippen LogP contribution in [0.3, 0.4) is 0 Å². The first kappa shape index (κ1) is 19.2. The zero-order valence-corrected chi connectivity index (χ0v) is 17.3. The standard InChI is InChI=1S/C24H20FN3O3/c1-24(2,3)19-12-20(29)28-17-9-5-4-8-16(17)27(23(28)26-19)13-14-11-21(30)31-18-10-6-7-15(25)22(14)18/h4-12H,13H2,1-3H3. The van der Waals surface area contributed by atoms with Crippen molar-refractivity contribution in [3.05, 3.63) is 92.4 Å². The molecular weight excluding hydrogens is 397 g/mol. The first-order chi connectivity index (χ1) is 14.7. The maximum Gasteiger partial charge on any atom is 0.336 e. The summed E-state index contributed by atoms with van der Waals surface area (Å²) < 4.78 is 23.3. The van der Waals surface area contributed by atoms with E-state index in [0.717, 1.165) is 5.52 Å². The Bertz CT molecular complexity index is 1600. The molecule has 0 atom stereocenters. The van der Waals surface area contributed by atoms with Gasteiger partial charge in [0, 0.05) is 17.5 Å². The lowest BCUT2D eigenvalue weighted by atomic mass is 9.92. The number of benzene rings is 2. The lowest BCUT2D eigenvalue weighted by Crippen LogP contribution is -2.22. The van der Waals surface area contributed by atoms with Crippen LogP contribution in [-0.2, 0) is 12.0 Å². The van der Waals surface area contributed by atoms with Gasteiger partial charge in [0.05, 0.1) is 28.7 Å². The summed E-state index contributed by atoms with van der Waals surface area (Å²) >= 11 is 0. The third-order valence-electron chi connectivity index (χ3n) is 5.45. The monoisotopic (exact) mass is 417 g/mol. The molecule has 31 heavy (non-hydrogen) atoms. The number of halogens is 1. The molecule has 7 heteroatoms. The van der Waals surface area contributed by atoms with Crippen molar-refractivity contribution in [3.63, 3.8) is 0 Å². The summed E-state index contributed by atoms with van der Waals surface area (Å²) in [6.45, 7) is 6.12. The fourth-order valence-electron chi connectivity index (χ4n) is 3.96. The van der Waals surface area contributed by atoms with E-state index in [1.165, 1.54) is 18.2 Å². The molecule has 5 aromatic rings. The molecule has 0 radical (unpaired) electrons. The van der Waals surface area contributed by atoms with Crippen molar-refractivity contribution in [2.75, 3.05) is 0 Å². The Kier molecular flexibility index (Phi) is 4.12. The van der Waals surface area contributed by atoms with E-state index in [1.807, 2.05) is 49.6 Å². The number of imidazole rings is 1. The summed E-state index contributed by atoms with van der Waals surface area (Å²) in [5.41, 5.74) is 1.68. The van der Waals surface area contributed by atoms with Gasteiger partial charge >= 0.3 is 5.63 Å². The highest BCUT2D eigenvalue weighted by atomic mass is 19.1. The molecule has 0 N–H and O–H groups in total. The first-order valence-corrected chi connectivity index (χ1v) is 9.97. The second-order valence-electron chi connectivity index (χ2n) is 8.64. The summed E-state index contributed by atoms with van der Waals surface area (Å²) in [6.07, 6.45) is 0. The Balaban J connectivity index is 1.87. The minimum atomic E-state index is -0.561. The molecule has 3 aromatic heterocycles. The minimum absolute atomic E-state index is 0.153. The van der Waals surface area contributed by atoms with Crippen molar-refractivity contribution in [1.82, 2.24) is 14.0 Å². The molecule has 0 amide bonds. The molecule has 3 heterocycles. The van der Waals surface area contributed by atoms with Gasteiger partial charge in [-0.05, 0) is 29.8 Å². The SMILES string of the molecule is CC(C)(C)c1cc(=O)n2c3ccccc3n(Cc3cc(=O)oc4cccc(F)c34)c2n1. The Morgan fingerprint density at radius 3 is 2.48 bits per heavy atom. The zero-order chi connectivity index (χ0) is 21.9. The van der Waals surface area contributed by atoms with Crippen LogP contribution in [0.25, 0.3) is 27.8 Å². The minimum Gasteiger partial charge on any atom is -0.423 e. The highest BCUT2D eigenvalue weighted by molar-refractivity contribution is 5.83. The summed E-state index contributed by atoms with van der Waals surface area (Å²) in [5, 5.41) is 0.243. The molecule has 0 spiro atoms. The number of nitrogens with zero attached hydrogens (tertiary/aromatic N) is 3. The molecule has 0 aliphatic rings. The van der Waals surface area contributed by atoms with Crippen molar-refractivity contribution < 1.29 is 8.81 Å². The number of hydrogen-bond donors (Lipinski definition) is 0. The molecule has 0 fully saturated rings. The van der Waals surface area contributed by atoms with Gasteiger partial charge in [0.1, 0.15) is 11.4 Å². The van der Waals surface area contributed by atoms with E-state index < -0.39 is 11.4 Å². The summed E-state index contributed by atoms with van der Waals surface area (Å²) in [5.74, 6) is -0.0334. The van der Waals surface area contributed by atoms with Crippen LogP contribution < -0.4 is 11.2 Å². The number of rotatable bonds is 2. The second-order valence-corrected chi connectivity index (χ2v) is 8.64. The van der Waals surface area contributed by atoms with Gasteiger partial charge in [-0.25, -0.2) is 18.6 Å². The van der Waals surface area contributed by atoms with Gasteiger partial charge in [-0.15, -0.1) is 0 Å². The molecule has 0 saturated heterocycles. The largest absolute Gasteiger partial charge is 0.423 e. The molecule has 5 rings (SSSR count). The number of aromatic nitrogens is 3. The van der Waals surface area contributed by atoms with Crippen LogP contribution in [0.4, 0.5) is 4.39 Å². The van der Waals surface area contributed by atoms with Crippen molar-refractivity contribution in [2.45, 2.75) is 32.7 Å². The van der Waals surface area contributed by atoms with Crippen molar-refractivity contribution in [3.8, 4) is 0 Å². The highest BCUT2D eigenvalue weighted by Gasteiger charge is 2.22. The Morgan fingerprint density at radius 1 is 1.00 bits per heavy atom. The average Bonchev–Trinajstić information content (AvgIpc) is 3.01. The van der Waals surface area contributed by atoms with Gasteiger partial charge in [0.15, 0.2) is 0 Å². The van der Waals surface area contributed by atoms with Gasteiger partial charge in [0.25, 0.3) is 5.56 Å². The number of fused-ring (bicyclic) bond motifs is 4. The van der Waals surface area contributed by atoms with Gasteiger partial charge in [-0.2, -0.15) is 0 Å². The second kappa shape index (κ2) is 6.63. The van der Waals surface area contributed by atoms with Crippen LogP contribution >= 0.6 is 0 Å². The van der Waals surface area contributed by atoms with Crippen LogP contribution in [0.15, 0.2) is 68.6 Å². The van der Waals surface area contributed by atoms with E-state index in [0.29, 0.717) is 22.6 Å². The molecule has 6 nitrogen and oxygen atoms in total. The Morgan fingerprint density at radius 2 is 1.74 bits per heavy atom. The van der Waals surface area contributed by atoms with Crippen LogP contribution in [0, 0.1) is 5.82 Å². The molecule has 2 aromatic carbocycles. The molecule has 0 bridgehead atoms. The van der Waals surface area contributed by atoms with Gasteiger partial charge in [-0.3, -0.25) is 4.79 Å². The van der Waals surface area contributed by atoms with E-state index >= 15 is 0 Å². The van der Waals surface area contributed by atoms with E-state index in [9.17, 15) is 14.0 Å². The topological polar surface area (TPSA) is 69.5 Å². The molecule has 0 saturated carbocycles. The molecule has 0 aliphatic heterocycles. The summed E-state index contributed by atoms with van der Waals surface area (Å²) in [4.78, 5) is 30.0. The summed E-state index contributed by atoms with van der Waals surface area (Å²) in [6, 6.07) is 14.7. The van der Waals surface area contributed by atoms with Crippen molar-refractivity contribution >= 4 is 27.8 Å². The van der Waals surface area contributed by atoms with Crippen molar-refractivity contribution in [2.24, 2.45) is 0 Å². The highest BCUT2D eigenvalue weighted by Crippen LogP contribution is 2.26. The maximum absolute atomic E-state index is 14.7. The molecule has 156 valence electrons. The maximum atomic E-state index is 14.7. The molecular formula is C24H20FN3O3. The number of hydrogen-bond acceptors (Lipinski definition) is 4. The fraction of sp³-hybridized carbons (Fsp3) is 0.208. The summed E-state index contributed by atoms with van der Waals surface area (Å²) in [7, 11) is 0. The Hall–Kier alpha value is -3.74. The van der Waals surface area contributed by atoms with Gasteiger partial charge in [0.2, 0.25) is 5.78 Å². The van der Waals surface area contributed by atoms with E-state index in [-0.39, 0.29) is 28.5 Å². The van der Waals surface area contributed by atoms with Crippen LogP contribution in [-0.4, -0.2) is 14.0 Å². The lowest BCUT2D eigenvalue weighted by Gasteiger charge is -2.17. The molecule has 0 unspecified atom stereocenters. The zero-order valence-electron chi connectivity index (χ0n) is 17.3. The van der Waals surface area contributed by atoms with E-state index in [4.69, 9.17) is 9.40 Å². The Labute approximate surface area is 176 Å². The third-order valence-corrected chi connectivity index (χ3v) is 5.45. The van der Waals surface area contributed by atoms with Gasteiger partial charge < -0.3 is 8.98 Å². The van der Waals surface area contributed by atoms with Gasteiger partial charge in [-0.1, -0.05) is 39.0 Å². The fourth-order valence-corrected chi connectivity index (χ4v) is 3.96. The number of para-hydroxylation sites is 2. The van der Waals surface area contributed by atoms with Crippen LogP contribution in [0.5, 0.6) is 0 Å². The van der Waals surface area contributed by atoms with Crippen LogP contribution in [0.2, 0.25) is 0 Å². The van der Waals surface area contributed by atoms with E-state index in [1.54, 1.807) is 16.5 Å². The predicted molar refractivity (Wildman–Crippen MR) is 117 cm³/mol. The quantitative estimate of drug-likeness (QED) is 0.403. The average molecular weight is 417 g/mol. The normalized spacial score (nSPS) is 12.3.